The summed E-state index contributed by atoms with van der Waals surface area (Å²) in [6.07, 6.45) is 1.69. The first-order chi connectivity index (χ1) is 8.19. The second-order valence-corrected chi connectivity index (χ2v) is 4.98. The normalized spacial score (nSPS) is 17.7. The van der Waals surface area contributed by atoms with Gasteiger partial charge in [-0.15, -0.1) is 0 Å². The van der Waals surface area contributed by atoms with E-state index >= 15 is 0 Å². The standard InChI is InChI=1S/C11H14BrN5/c1-16-2-4-17(5-3-16)15-11-9(7-13)6-10(12)8-14-11/h6,8H,2-5H2,1H3,(H,14,15). The molecule has 1 aliphatic heterocycles. The van der Waals surface area contributed by atoms with Crippen LogP contribution in [0, 0.1) is 11.3 Å². The van der Waals surface area contributed by atoms with Crippen LogP contribution in [0.1, 0.15) is 5.56 Å². The first kappa shape index (κ1) is 12.3. The van der Waals surface area contributed by atoms with E-state index in [-0.39, 0.29) is 0 Å². The van der Waals surface area contributed by atoms with Gasteiger partial charge in [0, 0.05) is 36.8 Å². The van der Waals surface area contributed by atoms with Crippen molar-refractivity contribution in [3.05, 3.63) is 22.3 Å². The van der Waals surface area contributed by atoms with Crippen LogP contribution in [0.25, 0.3) is 0 Å². The molecule has 0 saturated carbocycles. The average molecular weight is 296 g/mol. The summed E-state index contributed by atoms with van der Waals surface area (Å²) >= 11 is 3.31. The SMILES string of the molecule is CN1CCN(Nc2ncc(Br)cc2C#N)CC1. The molecule has 2 rings (SSSR count). The van der Waals surface area contributed by atoms with Crippen molar-refractivity contribution in [3.8, 4) is 6.07 Å². The molecular formula is C11H14BrN5. The highest BCUT2D eigenvalue weighted by Gasteiger charge is 2.15. The van der Waals surface area contributed by atoms with E-state index in [1.165, 1.54) is 0 Å². The van der Waals surface area contributed by atoms with Crippen molar-refractivity contribution in [3.63, 3.8) is 0 Å². The fourth-order valence-electron chi connectivity index (χ4n) is 1.68. The minimum Gasteiger partial charge on any atom is -0.304 e. The van der Waals surface area contributed by atoms with Crippen molar-refractivity contribution in [2.24, 2.45) is 0 Å². The number of hydrazine groups is 1. The zero-order chi connectivity index (χ0) is 12.3. The molecule has 1 saturated heterocycles. The Morgan fingerprint density at radius 1 is 1.41 bits per heavy atom. The van der Waals surface area contributed by atoms with Crippen molar-refractivity contribution in [1.29, 1.82) is 5.26 Å². The van der Waals surface area contributed by atoms with E-state index in [1.807, 2.05) is 0 Å². The Morgan fingerprint density at radius 2 is 2.12 bits per heavy atom. The number of nitriles is 1. The number of nitrogens with one attached hydrogen (secondary N) is 1. The largest absolute Gasteiger partial charge is 0.304 e. The number of piperazine rings is 1. The summed E-state index contributed by atoms with van der Waals surface area (Å²) in [5.74, 6) is 0.625. The fourth-order valence-corrected chi connectivity index (χ4v) is 2.01. The van der Waals surface area contributed by atoms with Crippen LogP contribution in [-0.2, 0) is 0 Å². The summed E-state index contributed by atoms with van der Waals surface area (Å²) < 4.78 is 0.818. The van der Waals surface area contributed by atoms with Gasteiger partial charge in [-0.25, -0.2) is 9.99 Å². The van der Waals surface area contributed by atoms with Crippen LogP contribution in [0.15, 0.2) is 16.7 Å². The molecule has 90 valence electrons. The predicted octanol–water partition coefficient (Wildman–Crippen LogP) is 1.29. The van der Waals surface area contributed by atoms with E-state index in [4.69, 9.17) is 5.26 Å². The summed E-state index contributed by atoms with van der Waals surface area (Å²) in [4.78, 5) is 6.50. The topological polar surface area (TPSA) is 55.2 Å². The zero-order valence-corrected chi connectivity index (χ0v) is 11.2. The molecule has 0 aliphatic carbocycles. The highest BCUT2D eigenvalue weighted by atomic mass is 79.9. The third-order valence-electron chi connectivity index (χ3n) is 2.74. The molecule has 0 atom stereocenters. The van der Waals surface area contributed by atoms with Gasteiger partial charge in [0.15, 0.2) is 5.82 Å². The molecule has 5 nitrogen and oxygen atoms in total. The Morgan fingerprint density at radius 3 is 2.76 bits per heavy atom. The van der Waals surface area contributed by atoms with Crippen LogP contribution in [0.2, 0.25) is 0 Å². The lowest BCUT2D eigenvalue weighted by Gasteiger charge is -2.32. The highest BCUT2D eigenvalue weighted by Crippen LogP contribution is 2.17. The lowest BCUT2D eigenvalue weighted by molar-refractivity contribution is 0.178. The van der Waals surface area contributed by atoms with Crippen molar-refractivity contribution in [2.45, 2.75) is 0 Å². The number of pyridine rings is 1. The molecule has 0 radical (unpaired) electrons. The third-order valence-corrected chi connectivity index (χ3v) is 3.18. The molecule has 0 aromatic carbocycles. The van der Waals surface area contributed by atoms with Crippen molar-refractivity contribution >= 4 is 21.7 Å². The second kappa shape index (κ2) is 5.45. The summed E-state index contributed by atoms with van der Waals surface area (Å²) in [6, 6.07) is 3.91. The molecule has 17 heavy (non-hydrogen) atoms. The molecule has 1 aromatic rings. The summed E-state index contributed by atoms with van der Waals surface area (Å²) in [5, 5.41) is 11.1. The second-order valence-electron chi connectivity index (χ2n) is 4.06. The average Bonchev–Trinajstić information content (AvgIpc) is 2.34. The van der Waals surface area contributed by atoms with Crippen LogP contribution in [0.3, 0.4) is 0 Å². The van der Waals surface area contributed by atoms with Crippen molar-refractivity contribution in [2.75, 3.05) is 38.7 Å². The molecule has 2 heterocycles. The molecule has 1 N–H and O–H groups in total. The smallest absolute Gasteiger partial charge is 0.158 e. The molecular weight excluding hydrogens is 282 g/mol. The summed E-state index contributed by atoms with van der Waals surface area (Å²) in [5.41, 5.74) is 3.75. The monoisotopic (exact) mass is 295 g/mol. The maximum Gasteiger partial charge on any atom is 0.158 e. The van der Waals surface area contributed by atoms with Gasteiger partial charge < -0.3 is 10.3 Å². The van der Waals surface area contributed by atoms with Crippen LogP contribution < -0.4 is 5.43 Å². The Labute approximate surface area is 109 Å². The summed E-state index contributed by atoms with van der Waals surface area (Å²) in [6.45, 7) is 3.90. The molecule has 0 bridgehead atoms. The van der Waals surface area contributed by atoms with Crippen molar-refractivity contribution in [1.82, 2.24) is 14.9 Å². The molecule has 0 amide bonds. The van der Waals surface area contributed by atoms with E-state index in [1.54, 1.807) is 12.3 Å². The number of hydrogen-bond donors (Lipinski definition) is 1. The number of halogens is 1. The number of aromatic nitrogens is 1. The number of hydrogen-bond acceptors (Lipinski definition) is 5. The number of rotatable bonds is 2. The number of anilines is 1. The van der Waals surface area contributed by atoms with Crippen LogP contribution in [-0.4, -0.2) is 48.1 Å². The molecule has 6 heteroatoms. The molecule has 0 unspecified atom stereocenters. The van der Waals surface area contributed by atoms with E-state index < -0.39 is 0 Å². The molecule has 0 spiro atoms. The highest BCUT2D eigenvalue weighted by molar-refractivity contribution is 9.10. The van der Waals surface area contributed by atoms with Crippen LogP contribution >= 0.6 is 15.9 Å². The van der Waals surface area contributed by atoms with Crippen LogP contribution in [0.5, 0.6) is 0 Å². The third kappa shape index (κ3) is 3.16. The van der Waals surface area contributed by atoms with Gasteiger partial charge in [0.05, 0.1) is 5.56 Å². The van der Waals surface area contributed by atoms with Gasteiger partial charge in [-0.1, -0.05) is 0 Å². The summed E-state index contributed by atoms with van der Waals surface area (Å²) in [7, 11) is 2.11. The fraction of sp³-hybridized carbons (Fsp3) is 0.455. The van der Waals surface area contributed by atoms with Crippen LogP contribution in [0.4, 0.5) is 5.82 Å². The van der Waals surface area contributed by atoms with E-state index in [9.17, 15) is 0 Å². The quantitative estimate of drug-likeness (QED) is 0.891. The first-order valence-corrected chi connectivity index (χ1v) is 6.24. The predicted molar refractivity (Wildman–Crippen MR) is 69.3 cm³/mol. The van der Waals surface area contributed by atoms with Gasteiger partial charge in [0.25, 0.3) is 0 Å². The molecule has 1 aliphatic rings. The minimum atomic E-state index is 0.554. The number of likely N-dealkylation sites (N-methyl/N-ethyl adjacent to an activating group) is 1. The Hall–Kier alpha value is -1.16. The molecule has 1 fully saturated rings. The van der Waals surface area contributed by atoms with Gasteiger partial charge >= 0.3 is 0 Å². The van der Waals surface area contributed by atoms with E-state index in [0.29, 0.717) is 11.4 Å². The lowest BCUT2D eigenvalue weighted by Crippen LogP contribution is -2.47. The lowest BCUT2D eigenvalue weighted by atomic mass is 10.3. The maximum atomic E-state index is 9.04. The van der Waals surface area contributed by atoms with Gasteiger partial charge in [-0.2, -0.15) is 5.26 Å². The molecule has 1 aromatic heterocycles. The Kier molecular flexibility index (Phi) is 3.94. The van der Waals surface area contributed by atoms with E-state index in [0.717, 1.165) is 30.7 Å². The van der Waals surface area contributed by atoms with Gasteiger partial charge in [0.2, 0.25) is 0 Å². The Balaban J connectivity index is 2.06. The number of nitrogens with zero attached hydrogens (tertiary/aromatic N) is 4. The minimum absolute atomic E-state index is 0.554. The van der Waals surface area contributed by atoms with Gasteiger partial charge in [0.1, 0.15) is 6.07 Å². The van der Waals surface area contributed by atoms with Gasteiger partial charge in [-0.3, -0.25) is 0 Å². The Bertz CT molecular complexity index is 434. The van der Waals surface area contributed by atoms with E-state index in [2.05, 4.69) is 49.4 Å². The first-order valence-electron chi connectivity index (χ1n) is 5.45. The van der Waals surface area contributed by atoms with Crippen molar-refractivity contribution < 1.29 is 0 Å². The maximum absolute atomic E-state index is 9.04. The zero-order valence-electron chi connectivity index (χ0n) is 9.65. The van der Waals surface area contributed by atoms with Gasteiger partial charge in [-0.05, 0) is 29.0 Å².